The highest BCUT2D eigenvalue weighted by atomic mass is 79.9. The third-order valence-corrected chi connectivity index (χ3v) is 14.3. The number of alkyl halides is 2. The molecule has 0 bridgehead atoms. The number of nitrogens with zero attached hydrogens (tertiary/aromatic N) is 10. The van der Waals surface area contributed by atoms with E-state index in [1.165, 1.54) is 48.2 Å². The highest BCUT2D eigenvalue weighted by Crippen LogP contribution is 2.28. The molecule has 2 aromatic carbocycles. The van der Waals surface area contributed by atoms with Crippen LogP contribution in [0.2, 0.25) is 10.0 Å². The van der Waals surface area contributed by atoms with Gasteiger partial charge in [-0.25, -0.2) is 18.7 Å². The molecule has 0 saturated carbocycles. The molecule has 3 aliphatic heterocycles. The first kappa shape index (κ1) is 59.7. The summed E-state index contributed by atoms with van der Waals surface area (Å²) in [6, 6.07) is 27.4. The summed E-state index contributed by atoms with van der Waals surface area (Å²) >= 11 is 15.0. The largest absolute Gasteiger partial charge is 0.495 e. The van der Waals surface area contributed by atoms with E-state index in [1.54, 1.807) is 85.2 Å². The summed E-state index contributed by atoms with van der Waals surface area (Å²) in [6.45, 7) is 7.29. The Morgan fingerprint density at radius 3 is 1.52 bits per heavy atom. The van der Waals surface area contributed by atoms with Gasteiger partial charge in [0.15, 0.2) is 0 Å². The van der Waals surface area contributed by atoms with Gasteiger partial charge in [0.25, 0.3) is 22.9 Å². The lowest BCUT2D eigenvalue weighted by Gasteiger charge is -2.42. The molecule has 0 unspecified atom stereocenters. The van der Waals surface area contributed by atoms with Crippen LogP contribution in [0.4, 0.5) is 8.78 Å². The second-order valence-corrected chi connectivity index (χ2v) is 23.1. The van der Waals surface area contributed by atoms with Crippen molar-refractivity contribution < 1.29 is 37.3 Å². The van der Waals surface area contributed by atoms with Crippen molar-refractivity contribution >= 4 is 97.4 Å². The van der Waals surface area contributed by atoms with E-state index < -0.39 is 53.2 Å². The maximum absolute atomic E-state index is 14.0. The lowest BCUT2D eigenvalue weighted by atomic mass is 9.76. The van der Waals surface area contributed by atoms with Crippen molar-refractivity contribution in [2.24, 2.45) is 5.41 Å². The molecule has 0 atom stereocenters. The number of nitrogens with one attached hydrogen (secondary N) is 2. The van der Waals surface area contributed by atoms with Crippen LogP contribution in [-0.4, -0.2) is 131 Å². The zero-order chi connectivity index (χ0) is 59.2. The molecular formula is C57H54BBrCl2F2N12O8. The van der Waals surface area contributed by atoms with Gasteiger partial charge in [0.05, 0.1) is 31.9 Å². The van der Waals surface area contributed by atoms with Crippen LogP contribution in [0, 0.1) is 5.41 Å². The summed E-state index contributed by atoms with van der Waals surface area (Å²) in [5, 5.41) is 22.8. The number of carbonyl (C=O) groups is 4. The monoisotopic (exact) mass is 1230 g/mol. The quantitative estimate of drug-likeness (QED) is 0.123. The number of likely N-dealkylation sites (tertiary alicyclic amines) is 2. The van der Waals surface area contributed by atoms with Crippen molar-refractivity contribution in [3.63, 3.8) is 0 Å². The zero-order valence-corrected chi connectivity index (χ0v) is 48.4. The van der Waals surface area contributed by atoms with Gasteiger partial charge >= 0.3 is 7.12 Å². The van der Waals surface area contributed by atoms with E-state index in [2.05, 4.69) is 56.9 Å². The number of hydrogen-bond donors (Lipinski definition) is 2. The van der Waals surface area contributed by atoms with Gasteiger partial charge in [-0.3, -0.25) is 37.9 Å². The second-order valence-electron chi connectivity index (χ2n) is 21.4. The molecule has 20 nitrogen and oxygen atoms in total. The molecule has 0 radical (unpaired) electrons. The van der Waals surface area contributed by atoms with Crippen LogP contribution in [-0.2, 0) is 45.1 Å². The first-order valence-electron chi connectivity index (χ1n) is 26.0. The molecule has 9 heterocycles. The van der Waals surface area contributed by atoms with Crippen LogP contribution in [0.3, 0.4) is 0 Å². The molecule has 11 rings (SSSR count). The summed E-state index contributed by atoms with van der Waals surface area (Å²) in [5.74, 6) is -2.07. The molecule has 3 fully saturated rings. The van der Waals surface area contributed by atoms with Crippen LogP contribution in [0.15, 0.2) is 136 Å². The molecule has 2 N–H and O–H groups in total. The first-order valence-corrected chi connectivity index (χ1v) is 27.6. The number of halogens is 5. The minimum Gasteiger partial charge on any atom is -0.407 e. The lowest BCUT2D eigenvalue weighted by Crippen LogP contribution is -2.60. The van der Waals surface area contributed by atoms with Crippen molar-refractivity contribution in [1.29, 1.82) is 0 Å². The summed E-state index contributed by atoms with van der Waals surface area (Å²) in [7, 11) is -0.651. The highest BCUT2D eigenvalue weighted by Gasteiger charge is 2.43. The Labute approximate surface area is 492 Å². The van der Waals surface area contributed by atoms with Crippen molar-refractivity contribution in [2.45, 2.75) is 65.2 Å². The number of pyridine rings is 4. The van der Waals surface area contributed by atoms with Crippen molar-refractivity contribution in [1.82, 2.24) is 59.9 Å². The number of carbonyl (C=O) groups excluding carboxylic acids is 4. The number of benzene rings is 2. The van der Waals surface area contributed by atoms with Crippen LogP contribution < -0.4 is 27.2 Å². The molecule has 428 valence electrons. The maximum Gasteiger partial charge on any atom is 0.495 e. The fourth-order valence-corrected chi connectivity index (χ4v) is 9.64. The van der Waals surface area contributed by atoms with Crippen molar-refractivity contribution in [3.8, 4) is 11.3 Å². The van der Waals surface area contributed by atoms with E-state index >= 15 is 0 Å². The van der Waals surface area contributed by atoms with E-state index in [4.69, 9.17) is 32.5 Å². The number of hydrogen-bond acceptors (Lipinski definition) is 14. The third kappa shape index (κ3) is 15.0. The maximum atomic E-state index is 14.0. The Morgan fingerprint density at radius 1 is 0.639 bits per heavy atom. The minimum atomic E-state index is -1.45. The Bertz CT molecular complexity index is 3820. The molecule has 8 aromatic rings. The molecule has 3 aliphatic rings. The first-order chi connectivity index (χ1) is 39.5. The average molecular weight is 1230 g/mol. The summed E-state index contributed by atoms with van der Waals surface area (Å²) in [6.07, 6.45) is 6.23. The molecule has 3 saturated heterocycles. The van der Waals surface area contributed by atoms with Gasteiger partial charge < -0.3 is 29.7 Å². The van der Waals surface area contributed by atoms with Gasteiger partial charge in [-0.1, -0.05) is 61.3 Å². The van der Waals surface area contributed by atoms with Gasteiger partial charge in [-0.2, -0.15) is 15.3 Å². The smallest absolute Gasteiger partial charge is 0.407 e. The predicted molar refractivity (Wildman–Crippen MR) is 311 cm³/mol. The second kappa shape index (κ2) is 25.3. The fourth-order valence-electron chi connectivity index (χ4n) is 9.14. The molecule has 0 spiro atoms. The van der Waals surface area contributed by atoms with Crippen LogP contribution in [0.25, 0.3) is 33.3 Å². The Morgan fingerprint density at radius 2 is 1.10 bits per heavy atom. The van der Waals surface area contributed by atoms with E-state index in [1.807, 2.05) is 26.0 Å². The molecule has 26 heteroatoms. The average Bonchev–Trinajstić information content (AvgIpc) is 3.05. The molecule has 4 amide bonds. The summed E-state index contributed by atoms with van der Waals surface area (Å²) in [4.78, 5) is 90.4. The lowest BCUT2D eigenvalue weighted by molar-refractivity contribution is -0.145. The standard InChI is InChI=1S/C27H29BClFN4O5.C26H22ClFN6O3.C4H3BrN2/c1-26(2)15-38-28(39-16-26)19-8-18-9-21(24(36)32-10-17-4-6-20(29)7-5-17)25(37)34(23(18)31-11-19)12-22(35)33-13-27(3,30)14-33;1-26(28)14-33(15-26)22(35)13-34-23-17(9-18(12-29-23)21-3-2-8-31-32-21)10-20(25(34)37)24(36)30-11-16-4-6-19(27)7-5-16;5-4-2-1-3-6-7-4/h4-9,11H,10,12-16H2,1-3H3,(H,32,36);2-10,12H,11,13-15H2,1H3,(H,30,36);1-3H. The Hall–Kier alpha value is -7.90. The number of aromatic nitrogens is 8. The fraction of sp³-hybridized carbons (Fsp3) is 0.298. The van der Waals surface area contributed by atoms with Gasteiger partial charge in [0.1, 0.15) is 51.5 Å². The molecular weight excluding hydrogens is 1180 g/mol. The topological polar surface area (TPSA) is 239 Å². The molecule has 0 aliphatic carbocycles. The van der Waals surface area contributed by atoms with Crippen LogP contribution >= 0.6 is 39.1 Å². The Balaban J connectivity index is 0.000000178. The van der Waals surface area contributed by atoms with Crippen LogP contribution in [0.5, 0.6) is 0 Å². The van der Waals surface area contributed by atoms with Crippen LogP contribution in [0.1, 0.15) is 59.5 Å². The summed E-state index contributed by atoms with van der Waals surface area (Å²) < 4.78 is 42.8. The van der Waals surface area contributed by atoms with E-state index in [0.717, 1.165) is 24.9 Å². The Kier molecular flexibility index (Phi) is 18.2. The minimum absolute atomic E-state index is 0.0515. The number of rotatable bonds is 12. The van der Waals surface area contributed by atoms with E-state index in [0.29, 0.717) is 50.8 Å². The highest BCUT2D eigenvalue weighted by molar-refractivity contribution is 9.10. The molecule has 6 aromatic heterocycles. The normalized spacial score (nSPS) is 15.6. The van der Waals surface area contributed by atoms with Gasteiger partial charge in [0.2, 0.25) is 11.8 Å². The van der Waals surface area contributed by atoms with E-state index in [9.17, 15) is 37.5 Å². The van der Waals surface area contributed by atoms with E-state index in [-0.39, 0.29) is 80.2 Å². The number of amides is 4. The van der Waals surface area contributed by atoms with Gasteiger partial charge in [-0.05, 0) is 114 Å². The van der Waals surface area contributed by atoms with Gasteiger partial charge in [0, 0.05) is 88.3 Å². The van der Waals surface area contributed by atoms with Gasteiger partial charge in [-0.15, -0.1) is 5.10 Å². The van der Waals surface area contributed by atoms with Crippen molar-refractivity contribution in [3.05, 3.63) is 179 Å². The SMILES string of the molecule is Brc1cccnn1.CC1(C)COB(c2cnc3c(c2)cc(C(=O)NCc2ccc(Cl)cc2)c(=O)n3CC(=O)N2CC(C)(F)C2)OC1.CC1(F)CN(C(=O)Cn2c(=O)c(C(=O)NCc3ccc(Cl)cc3)cc3cc(-c4cccnn4)cnc32)C1. The third-order valence-electron chi connectivity index (χ3n) is 13.4. The molecule has 83 heavy (non-hydrogen) atoms. The summed E-state index contributed by atoms with van der Waals surface area (Å²) in [5.41, 5.74) is -0.788. The van der Waals surface area contributed by atoms with Crippen molar-refractivity contribution in [2.75, 3.05) is 39.4 Å². The zero-order valence-electron chi connectivity index (χ0n) is 45.3. The predicted octanol–water partition coefficient (Wildman–Crippen LogP) is 6.56. The number of fused-ring (bicyclic) bond motifs is 2.